The van der Waals surface area contributed by atoms with Crippen molar-refractivity contribution in [3.05, 3.63) is 0 Å². The van der Waals surface area contributed by atoms with Gasteiger partial charge in [-0.2, -0.15) is 0 Å². The van der Waals surface area contributed by atoms with Gasteiger partial charge in [0.15, 0.2) is 0 Å². The highest BCUT2D eigenvalue weighted by Gasteiger charge is 2.32. The molecule has 2 aliphatic rings. The Morgan fingerprint density at radius 1 is 1.08 bits per heavy atom. The number of piperidine rings is 1. The summed E-state index contributed by atoms with van der Waals surface area (Å²) in [5.41, 5.74) is 3.34. The third-order valence-electron chi connectivity index (χ3n) is 3.53. The molecule has 2 fully saturated rings. The van der Waals surface area contributed by atoms with Crippen LogP contribution in [0.1, 0.15) is 38.5 Å². The van der Waals surface area contributed by atoms with E-state index in [0.717, 1.165) is 12.0 Å². The van der Waals surface area contributed by atoms with Gasteiger partial charge in [0.05, 0.1) is 0 Å². The monoisotopic (exact) mass is 168 g/mol. The van der Waals surface area contributed by atoms with Gasteiger partial charge in [-0.25, -0.2) is 5.01 Å². The minimum absolute atomic E-state index is 0.859. The molecule has 2 nitrogen and oxygen atoms in total. The quantitative estimate of drug-likeness (QED) is 0.642. The molecule has 12 heavy (non-hydrogen) atoms. The standard InChI is InChI=1S/C10H20N2/c1-11-12-8-4-6-9-5-2-3-7-10(9)12/h9-11H,2-8H2,1H3. The van der Waals surface area contributed by atoms with Gasteiger partial charge < -0.3 is 0 Å². The minimum atomic E-state index is 0.859. The van der Waals surface area contributed by atoms with Crippen LogP contribution in [0.5, 0.6) is 0 Å². The Hall–Kier alpha value is -0.0800. The van der Waals surface area contributed by atoms with Gasteiger partial charge in [0.1, 0.15) is 0 Å². The lowest BCUT2D eigenvalue weighted by Crippen LogP contribution is -2.52. The summed E-state index contributed by atoms with van der Waals surface area (Å²) < 4.78 is 0. The number of fused-ring (bicyclic) bond motifs is 1. The summed E-state index contributed by atoms with van der Waals surface area (Å²) in [5.74, 6) is 1.000. The topological polar surface area (TPSA) is 15.3 Å². The third kappa shape index (κ3) is 1.50. The Kier molecular flexibility index (Phi) is 2.66. The largest absolute Gasteiger partial charge is 0.258 e. The van der Waals surface area contributed by atoms with E-state index in [4.69, 9.17) is 0 Å². The van der Waals surface area contributed by atoms with Crippen LogP contribution >= 0.6 is 0 Å². The lowest BCUT2D eigenvalue weighted by Gasteiger charge is -2.43. The van der Waals surface area contributed by atoms with Crippen molar-refractivity contribution in [2.45, 2.75) is 44.6 Å². The van der Waals surface area contributed by atoms with Gasteiger partial charge in [0.25, 0.3) is 0 Å². The molecule has 0 aromatic heterocycles. The van der Waals surface area contributed by atoms with E-state index >= 15 is 0 Å². The van der Waals surface area contributed by atoms with Crippen LogP contribution in [-0.4, -0.2) is 24.6 Å². The van der Waals surface area contributed by atoms with Crippen LogP contribution in [0.2, 0.25) is 0 Å². The van der Waals surface area contributed by atoms with E-state index < -0.39 is 0 Å². The van der Waals surface area contributed by atoms with E-state index in [1.54, 1.807) is 0 Å². The Morgan fingerprint density at radius 3 is 2.67 bits per heavy atom. The maximum atomic E-state index is 3.34. The fraction of sp³-hybridized carbons (Fsp3) is 1.00. The molecule has 0 bridgehead atoms. The molecule has 0 radical (unpaired) electrons. The molecule has 1 saturated carbocycles. The summed E-state index contributed by atoms with van der Waals surface area (Å²) >= 11 is 0. The Balaban J connectivity index is 1.99. The molecule has 1 saturated heterocycles. The number of rotatable bonds is 1. The second kappa shape index (κ2) is 3.75. The van der Waals surface area contributed by atoms with Gasteiger partial charge in [-0.05, 0) is 38.6 Å². The molecule has 1 aliphatic carbocycles. The number of hydrogen-bond acceptors (Lipinski definition) is 2. The molecule has 70 valence electrons. The fourth-order valence-electron chi connectivity index (χ4n) is 2.90. The zero-order chi connectivity index (χ0) is 8.39. The fourth-order valence-corrected chi connectivity index (χ4v) is 2.90. The zero-order valence-corrected chi connectivity index (χ0v) is 8.05. The molecule has 2 atom stereocenters. The summed E-state index contributed by atoms with van der Waals surface area (Å²) in [6.07, 6.45) is 8.68. The summed E-state index contributed by atoms with van der Waals surface area (Å²) in [7, 11) is 2.07. The molecule has 0 aromatic carbocycles. The first kappa shape index (κ1) is 8.52. The normalized spacial score (nSPS) is 37.8. The van der Waals surface area contributed by atoms with E-state index in [1.807, 2.05) is 0 Å². The molecule has 1 N–H and O–H groups in total. The summed E-state index contributed by atoms with van der Waals surface area (Å²) in [4.78, 5) is 0. The second-order valence-corrected chi connectivity index (χ2v) is 4.17. The van der Waals surface area contributed by atoms with E-state index in [2.05, 4.69) is 17.5 Å². The van der Waals surface area contributed by atoms with Crippen LogP contribution in [0.15, 0.2) is 0 Å². The predicted octanol–water partition coefficient (Wildman–Crippen LogP) is 1.78. The number of nitrogens with one attached hydrogen (secondary N) is 1. The van der Waals surface area contributed by atoms with Crippen LogP contribution in [0, 0.1) is 5.92 Å². The highest BCUT2D eigenvalue weighted by atomic mass is 15.5. The van der Waals surface area contributed by atoms with Gasteiger partial charge in [0, 0.05) is 12.6 Å². The molecule has 2 unspecified atom stereocenters. The van der Waals surface area contributed by atoms with Crippen LogP contribution in [0.4, 0.5) is 0 Å². The van der Waals surface area contributed by atoms with E-state index in [0.29, 0.717) is 0 Å². The lowest BCUT2D eigenvalue weighted by atomic mass is 9.79. The molecule has 2 heteroatoms. The first-order valence-corrected chi connectivity index (χ1v) is 5.36. The molecular weight excluding hydrogens is 148 g/mol. The lowest BCUT2D eigenvalue weighted by molar-refractivity contribution is 0.0266. The van der Waals surface area contributed by atoms with E-state index in [-0.39, 0.29) is 0 Å². The Bertz CT molecular complexity index is 138. The molecule has 2 rings (SSSR count). The van der Waals surface area contributed by atoms with Crippen molar-refractivity contribution in [3.63, 3.8) is 0 Å². The first-order valence-electron chi connectivity index (χ1n) is 5.36. The third-order valence-corrected chi connectivity index (χ3v) is 3.53. The van der Waals surface area contributed by atoms with Gasteiger partial charge in [-0.15, -0.1) is 0 Å². The van der Waals surface area contributed by atoms with Crippen molar-refractivity contribution in [3.8, 4) is 0 Å². The molecule has 0 spiro atoms. The number of nitrogens with zero attached hydrogens (tertiary/aromatic N) is 1. The molecular formula is C10H20N2. The number of hydrogen-bond donors (Lipinski definition) is 1. The molecule has 1 heterocycles. The van der Waals surface area contributed by atoms with Crippen molar-refractivity contribution < 1.29 is 0 Å². The maximum Gasteiger partial charge on any atom is 0.0271 e. The average molecular weight is 168 g/mol. The average Bonchev–Trinajstić information content (AvgIpc) is 2.17. The van der Waals surface area contributed by atoms with Crippen molar-refractivity contribution in [2.75, 3.05) is 13.6 Å². The van der Waals surface area contributed by atoms with Gasteiger partial charge in [-0.3, -0.25) is 5.43 Å². The van der Waals surface area contributed by atoms with Crippen molar-refractivity contribution in [2.24, 2.45) is 5.92 Å². The van der Waals surface area contributed by atoms with Crippen molar-refractivity contribution in [1.82, 2.24) is 10.4 Å². The van der Waals surface area contributed by atoms with Crippen molar-refractivity contribution in [1.29, 1.82) is 0 Å². The Morgan fingerprint density at radius 2 is 1.83 bits per heavy atom. The van der Waals surface area contributed by atoms with Crippen molar-refractivity contribution >= 4 is 0 Å². The highest BCUT2D eigenvalue weighted by molar-refractivity contribution is 4.85. The Labute approximate surface area is 75.3 Å². The SMILES string of the molecule is CNN1CCCC2CCCCC21. The van der Waals surface area contributed by atoms with Crippen LogP contribution in [0.25, 0.3) is 0 Å². The predicted molar refractivity (Wildman–Crippen MR) is 50.7 cm³/mol. The highest BCUT2D eigenvalue weighted by Crippen LogP contribution is 2.33. The molecule has 0 amide bonds. The second-order valence-electron chi connectivity index (χ2n) is 4.17. The van der Waals surface area contributed by atoms with Gasteiger partial charge >= 0.3 is 0 Å². The molecule has 1 aliphatic heterocycles. The van der Waals surface area contributed by atoms with E-state index in [1.165, 1.54) is 45.1 Å². The zero-order valence-electron chi connectivity index (χ0n) is 8.05. The number of hydrazine groups is 1. The summed E-state index contributed by atoms with van der Waals surface area (Å²) in [6, 6.07) is 0.859. The smallest absolute Gasteiger partial charge is 0.0271 e. The van der Waals surface area contributed by atoms with E-state index in [9.17, 15) is 0 Å². The summed E-state index contributed by atoms with van der Waals surface area (Å²) in [5, 5.41) is 2.47. The van der Waals surface area contributed by atoms with Gasteiger partial charge in [0.2, 0.25) is 0 Å². The summed E-state index contributed by atoms with van der Waals surface area (Å²) in [6.45, 7) is 1.26. The molecule has 0 aromatic rings. The maximum absolute atomic E-state index is 3.34. The first-order chi connectivity index (χ1) is 5.92. The van der Waals surface area contributed by atoms with Crippen LogP contribution in [0.3, 0.4) is 0 Å². The minimum Gasteiger partial charge on any atom is -0.258 e. The van der Waals surface area contributed by atoms with Crippen LogP contribution in [-0.2, 0) is 0 Å². The van der Waals surface area contributed by atoms with Gasteiger partial charge in [-0.1, -0.05) is 12.8 Å². The van der Waals surface area contributed by atoms with Crippen LogP contribution < -0.4 is 5.43 Å².